The molecule has 0 radical (unpaired) electrons. The predicted octanol–water partition coefficient (Wildman–Crippen LogP) is 1.50. The van der Waals surface area contributed by atoms with Gasteiger partial charge in [-0.2, -0.15) is 9.40 Å². The van der Waals surface area contributed by atoms with Crippen LogP contribution in [0.25, 0.3) is 10.8 Å². The van der Waals surface area contributed by atoms with Crippen LogP contribution in [0.1, 0.15) is 0 Å². The minimum atomic E-state index is -3.88. The maximum atomic E-state index is 13.9. The van der Waals surface area contributed by atoms with Crippen molar-refractivity contribution in [3.8, 4) is 0 Å². The highest BCUT2D eigenvalue weighted by atomic mass is 32.2. The van der Waals surface area contributed by atoms with Gasteiger partial charge in [0.15, 0.2) is 0 Å². The zero-order valence-electron chi connectivity index (χ0n) is 15.0. The molecule has 0 saturated carbocycles. The molecule has 2 heterocycles. The monoisotopic (exact) mass is 402 g/mol. The van der Waals surface area contributed by atoms with Crippen LogP contribution in [0.3, 0.4) is 0 Å². The normalized spacial score (nSPS) is 16.5. The summed E-state index contributed by atoms with van der Waals surface area (Å²) in [5.41, 5.74) is -0.181. The third-order valence-corrected chi connectivity index (χ3v) is 6.81. The molecule has 146 valence electrons. The van der Waals surface area contributed by atoms with E-state index in [2.05, 4.69) is 5.10 Å². The number of piperazine rings is 1. The van der Waals surface area contributed by atoms with E-state index in [-0.39, 0.29) is 30.2 Å². The van der Waals surface area contributed by atoms with Gasteiger partial charge < -0.3 is 0 Å². The third-order valence-electron chi connectivity index (χ3n) is 4.88. The van der Waals surface area contributed by atoms with Crippen molar-refractivity contribution in [2.24, 2.45) is 0 Å². The summed E-state index contributed by atoms with van der Waals surface area (Å²) in [6, 6.07) is 12.6. The molecule has 1 saturated heterocycles. The molecule has 4 rings (SSSR count). The first-order valence-electron chi connectivity index (χ1n) is 8.89. The molecule has 1 aliphatic rings. The Hall–Kier alpha value is -2.62. The molecule has 0 atom stereocenters. The van der Waals surface area contributed by atoms with Crippen molar-refractivity contribution in [1.29, 1.82) is 0 Å². The smallest absolute Gasteiger partial charge is 0.275 e. The van der Waals surface area contributed by atoms with E-state index < -0.39 is 15.8 Å². The van der Waals surface area contributed by atoms with Crippen LogP contribution >= 0.6 is 0 Å². The van der Waals surface area contributed by atoms with Crippen LogP contribution < -0.4 is 5.56 Å². The Kier molecular flexibility index (Phi) is 4.96. The number of nitrogens with zero attached hydrogens (tertiary/aromatic N) is 4. The summed E-state index contributed by atoms with van der Waals surface area (Å²) in [6.07, 6.45) is 1.65. The van der Waals surface area contributed by atoms with Gasteiger partial charge in [0.2, 0.25) is 10.0 Å². The lowest BCUT2D eigenvalue weighted by Crippen LogP contribution is -2.49. The molecule has 9 heteroatoms. The van der Waals surface area contributed by atoms with Gasteiger partial charge in [0.05, 0.1) is 18.3 Å². The van der Waals surface area contributed by atoms with Crippen LogP contribution in [0.4, 0.5) is 4.39 Å². The van der Waals surface area contributed by atoms with Gasteiger partial charge in [0, 0.05) is 31.6 Å². The Bertz CT molecular complexity index is 1170. The lowest BCUT2D eigenvalue weighted by atomic mass is 10.2. The van der Waals surface area contributed by atoms with Crippen LogP contribution in [0.5, 0.6) is 0 Å². The highest BCUT2D eigenvalue weighted by Crippen LogP contribution is 2.20. The molecule has 1 aliphatic heterocycles. The standard InChI is InChI=1S/C19H19FN4O3S/c20-17-7-3-4-8-18(17)28(26,27)23-11-9-22(10-12-23)14-24-19(25)16-6-2-1-5-15(16)13-21-24/h1-8,13H,9-12,14H2. The summed E-state index contributed by atoms with van der Waals surface area (Å²) >= 11 is 0. The number of hydrogen-bond donors (Lipinski definition) is 0. The Morgan fingerprint density at radius 2 is 1.64 bits per heavy atom. The van der Waals surface area contributed by atoms with Gasteiger partial charge in [-0.25, -0.2) is 17.5 Å². The van der Waals surface area contributed by atoms with Gasteiger partial charge in [-0.1, -0.05) is 30.3 Å². The Morgan fingerprint density at radius 3 is 2.39 bits per heavy atom. The van der Waals surface area contributed by atoms with Crippen molar-refractivity contribution in [3.63, 3.8) is 0 Å². The molecular formula is C19H19FN4O3S. The second-order valence-corrected chi connectivity index (χ2v) is 8.54. The van der Waals surface area contributed by atoms with E-state index >= 15 is 0 Å². The Labute approximate surface area is 161 Å². The maximum absolute atomic E-state index is 13.9. The van der Waals surface area contributed by atoms with E-state index in [9.17, 15) is 17.6 Å². The molecular weight excluding hydrogens is 383 g/mol. The van der Waals surface area contributed by atoms with Crippen molar-refractivity contribution >= 4 is 20.8 Å². The predicted molar refractivity (Wildman–Crippen MR) is 103 cm³/mol. The topological polar surface area (TPSA) is 75.5 Å². The number of rotatable bonds is 4. The first-order valence-corrected chi connectivity index (χ1v) is 10.3. The molecule has 28 heavy (non-hydrogen) atoms. The number of hydrogen-bond acceptors (Lipinski definition) is 5. The van der Waals surface area contributed by atoms with E-state index in [0.29, 0.717) is 18.5 Å². The molecule has 1 fully saturated rings. The van der Waals surface area contributed by atoms with Crippen LogP contribution in [0, 0.1) is 5.82 Å². The Morgan fingerprint density at radius 1 is 0.964 bits per heavy atom. The molecule has 2 aromatic carbocycles. The summed E-state index contributed by atoms with van der Waals surface area (Å²) in [4.78, 5) is 14.2. The fourth-order valence-electron chi connectivity index (χ4n) is 3.32. The SMILES string of the molecule is O=c1c2ccccc2cnn1CN1CCN(S(=O)(=O)c2ccccc2F)CC1. The average Bonchev–Trinajstić information content (AvgIpc) is 2.71. The van der Waals surface area contributed by atoms with Crippen LogP contribution in [-0.2, 0) is 16.7 Å². The molecule has 1 aromatic heterocycles. The number of aromatic nitrogens is 2. The van der Waals surface area contributed by atoms with Crippen molar-refractivity contribution in [2.75, 3.05) is 26.2 Å². The zero-order valence-corrected chi connectivity index (χ0v) is 15.8. The fraction of sp³-hybridized carbons (Fsp3) is 0.263. The first-order chi connectivity index (χ1) is 13.5. The highest BCUT2D eigenvalue weighted by molar-refractivity contribution is 7.89. The van der Waals surface area contributed by atoms with Crippen molar-refractivity contribution in [2.45, 2.75) is 11.6 Å². The molecule has 3 aromatic rings. The summed E-state index contributed by atoms with van der Waals surface area (Å²) in [5, 5.41) is 5.59. The second kappa shape index (κ2) is 7.42. The molecule has 0 aliphatic carbocycles. The molecule has 0 bridgehead atoms. The van der Waals surface area contributed by atoms with Gasteiger partial charge in [0.1, 0.15) is 10.7 Å². The minimum Gasteiger partial charge on any atom is -0.282 e. The molecule has 0 unspecified atom stereocenters. The number of benzene rings is 2. The lowest BCUT2D eigenvalue weighted by Gasteiger charge is -2.33. The maximum Gasteiger partial charge on any atom is 0.275 e. The summed E-state index contributed by atoms with van der Waals surface area (Å²) in [5.74, 6) is -0.753. The zero-order chi connectivity index (χ0) is 19.7. The van der Waals surface area contributed by atoms with E-state index in [4.69, 9.17) is 0 Å². The fourth-order valence-corrected chi connectivity index (χ4v) is 4.81. The van der Waals surface area contributed by atoms with E-state index in [1.807, 2.05) is 17.0 Å². The first kappa shape index (κ1) is 18.7. The Balaban J connectivity index is 1.47. The second-order valence-electron chi connectivity index (χ2n) is 6.63. The van der Waals surface area contributed by atoms with Crippen LogP contribution in [-0.4, -0.2) is 53.6 Å². The van der Waals surface area contributed by atoms with Crippen LogP contribution in [0.2, 0.25) is 0 Å². The van der Waals surface area contributed by atoms with E-state index in [1.165, 1.54) is 27.2 Å². The van der Waals surface area contributed by atoms with E-state index in [1.54, 1.807) is 18.3 Å². The van der Waals surface area contributed by atoms with Gasteiger partial charge in [-0.3, -0.25) is 9.69 Å². The van der Waals surface area contributed by atoms with Gasteiger partial charge >= 0.3 is 0 Å². The van der Waals surface area contributed by atoms with Gasteiger partial charge in [0.25, 0.3) is 5.56 Å². The molecule has 7 nitrogen and oxygen atoms in total. The largest absolute Gasteiger partial charge is 0.282 e. The van der Waals surface area contributed by atoms with Gasteiger partial charge in [-0.15, -0.1) is 0 Å². The third kappa shape index (κ3) is 3.44. The minimum absolute atomic E-state index is 0.181. The van der Waals surface area contributed by atoms with Gasteiger partial charge in [-0.05, 0) is 18.2 Å². The molecule has 0 spiro atoms. The molecule has 0 N–H and O–H groups in total. The van der Waals surface area contributed by atoms with Crippen molar-refractivity contribution in [1.82, 2.24) is 19.0 Å². The van der Waals surface area contributed by atoms with Crippen molar-refractivity contribution in [3.05, 3.63) is 70.9 Å². The van der Waals surface area contributed by atoms with Crippen LogP contribution in [0.15, 0.2) is 64.4 Å². The molecule has 0 amide bonds. The van der Waals surface area contributed by atoms with E-state index in [0.717, 1.165) is 11.5 Å². The quantitative estimate of drug-likeness (QED) is 0.661. The summed E-state index contributed by atoms with van der Waals surface area (Å²) < 4.78 is 41.9. The summed E-state index contributed by atoms with van der Waals surface area (Å²) in [6.45, 7) is 1.57. The number of sulfonamides is 1. The number of halogens is 1. The van der Waals surface area contributed by atoms with Crippen molar-refractivity contribution < 1.29 is 12.8 Å². The summed E-state index contributed by atoms with van der Waals surface area (Å²) in [7, 11) is -3.88. The lowest BCUT2D eigenvalue weighted by molar-refractivity contribution is 0.143. The average molecular weight is 402 g/mol. The highest BCUT2D eigenvalue weighted by Gasteiger charge is 2.30. The number of fused-ring (bicyclic) bond motifs is 1.